The van der Waals surface area contributed by atoms with Gasteiger partial charge in [-0.3, -0.25) is 0 Å². The first-order valence-corrected chi connectivity index (χ1v) is 8.75. The van der Waals surface area contributed by atoms with E-state index in [0.717, 1.165) is 23.7 Å². The number of nitrogens with zero attached hydrogens (tertiary/aromatic N) is 2. The monoisotopic (exact) mass is 375 g/mol. The predicted molar refractivity (Wildman–Crippen MR) is 103 cm³/mol. The molecule has 0 saturated heterocycles. The van der Waals surface area contributed by atoms with Crippen molar-refractivity contribution >= 4 is 28.9 Å². The molecule has 0 spiro atoms. The van der Waals surface area contributed by atoms with E-state index < -0.39 is 0 Å². The molecule has 0 amide bonds. The lowest BCUT2D eigenvalue weighted by molar-refractivity contribution is 0.482. The molecule has 0 unspecified atom stereocenters. The molecule has 25 heavy (non-hydrogen) atoms. The van der Waals surface area contributed by atoms with Gasteiger partial charge in [0.25, 0.3) is 0 Å². The van der Waals surface area contributed by atoms with Gasteiger partial charge in [-0.2, -0.15) is 0 Å². The summed E-state index contributed by atoms with van der Waals surface area (Å²) in [4.78, 5) is 9.51. The third kappa shape index (κ3) is 4.47. The fraction of sp³-hybridized carbons (Fsp3) is 0.211. The standard InChI is InChI=1S/C19H19Cl2N3O/c1-13(2)24(11-14-10-22-12-23-14)15-3-5-16(6-4-15)25-17-7-8-18(20)19(21)9-17/h3-10,12-13H,11H2,1-2H3,(H,22,23). The summed E-state index contributed by atoms with van der Waals surface area (Å²) in [5.41, 5.74) is 2.19. The molecular weight excluding hydrogens is 357 g/mol. The minimum Gasteiger partial charge on any atom is -0.457 e. The first kappa shape index (κ1) is 17.6. The van der Waals surface area contributed by atoms with Gasteiger partial charge in [-0.25, -0.2) is 4.98 Å². The summed E-state index contributed by atoms with van der Waals surface area (Å²) in [6.07, 6.45) is 3.54. The second-order valence-electron chi connectivity index (χ2n) is 5.97. The highest BCUT2D eigenvalue weighted by Gasteiger charge is 2.12. The van der Waals surface area contributed by atoms with Crippen LogP contribution in [0.2, 0.25) is 10.0 Å². The largest absolute Gasteiger partial charge is 0.457 e. The zero-order valence-electron chi connectivity index (χ0n) is 14.0. The maximum absolute atomic E-state index is 6.02. The van der Waals surface area contributed by atoms with Crippen LogP contribution in [0.1, 0.15) is 19.5 Å². The van der Waals surface area contributed by atoms with Crippen molar-refractivity contribution in [3.8, 4) is 11.5 Å². The van der Waals surface area contributed by atoms with Crippen molar-refractivity contribution in [2.24, 2.45) is 0 Å². The maximum atomic E-state index is 6.02. The van der Waals surface area contributed by atoms with E-state index in [4.69, 9.17) is 27.9 Å². The molecular formula is C19H19Cl2N3O. The highest BCUT2D eigenvalue weighted by atomic mass is 35.5. The Balaban J connectivity index is 1.74. The van der Waals surface area contributed by atoms with Gasteiger partial charge in [0.15, 0.2) is 0 Å². The van der Waals surface area contributed by atoms with Gasteiger partial charge in [0.2, 0.25) is 0 Å². The van der Waals surface area contributed by atoms with Crippen molar-refractivity contribution in [1.29, 1.82) is 0 Å². The molecule has 130 valence electrons. The van der Waals surface area contributed by atoms with Gasteiger partial charge in [-0.1, -0.05) is 23.2 Å². The number of anilines is 1. The molecule has 0 aliphatic carbocycles. The zero-order chi connectivity index (χ0) is 17.8. The SMILES string of the molecule is CC(C)N(Cc1cnc[nH]1)c1ccc(Oc2ccc(Cl)c(Cl)c2)cc1. The van der Waals surface area contributed by atoms with Gasteiger partial charge in [0, 0.05) is 24.0 Å². The molecule has 0 saturated carbocycles. The van der Waals surface area contributed by atoms with Crippen LogP contribution >= 0.6 is 23.2 Å². The number of imidazole rings is 1. The molecule has 0 aliphatic heterocycles. The van der Waals surface area contributed by atoms with E-state index in [-0.39, 0.29) is 0 Å². The summed E-state index contributed by atoms with van der Waals surface area (Å²) in [5, 5.41) is 0.983. The van der Waals surface area contributed by atoms with Crippen LogP contribution in [-0.4, -0.2) is 16.0 Å². The number of hydrogen-bond acceptors (Lipinski definition) is 3. The fourth-order valence-corrected chi connectivity index (χ4v) is 2.80. The Morgan fingerprint density at radius 2 is 1.76 bits per heavy atom. The van der Waals surface area contributed by atoms with Crippen molar-refractivity contribution in [1.82, 2.24) is 9.97 Å². The summed E-state index contributed by atoms with van der Waals surface area (Å²) in [6.45, 7) is 5.09. The van der Waals surface area contributed by atoms with Crippen molar-refractivity contribution in [2.75, 3.05) is 4.90 Å². The van der Waals surface area contributed by atoms with Crippen LogP contribution < -0.4 is 9.64 Å². The van der Waals surface area contributed by atoms with Gasteiger partial charge in [0.1, 0.15) is 11.5 Å². The van der Waals surface area contributed by atoms with Gasteiger partial charge in [-0.05, 0) is 50.2 Å². The number of rotatable bonds is 6. The predicted octanol–water partition coefficient (Wildman–Crippen LogP) is 5.92. The quantitative estimate of drug-likeness (QED) is 0.580. The minimum atomic E-state index is 0.352. The van der Waals surface area contributed by atoms with Crippen LogP contribution in [0.5, 0.6) is 11.5 Å². The lowest BCUT2D eigenvalue weighted by Gasteiger charge is -2.28. The molecule has 1 heterocycles. The van der Waals surface area contributed by atoms with Gasteiger partial charge >= 0.3 is 0 Å². The lowest BCUT2D eigenvalue weighted by atomic mass is 10.2. The molecule has 2 aromatic carbocycles. The second kappa shape index (κ2) is 7.81. The molecule has 1 aromatic heterocycles. The van der Waals surface area contributed by atoms with Crippen LogP contribution in [0.4, 0.5) is 5.69 Å². The molecule has 3 aromatic rings. The topological polar surface area (TPSA) is 41.2 Å². The van der Waals surface area contributed by atoms with Gasteiger partial charge in [-0.15, -0.1) is 0 Å². The minimum absolute atomic E-state index is 0.352. The number of aromatic nitrogens is 2. The van der Waals surface area contributed by atoms with Crippen LogP contribution in [0.25, 0.3) is 0 Å². The van der Waals surface area contributed by atoms with E-state index in [2.05, 4.69) is 28.7 Å². The number of aromatic amines is 1. The molecule has 0 fully saturated rings. The number of benzene rings is 2. The molecule has 3 rings (SSSR count). The average molecular weight is 376 g/mol. The Morgan fingerprint density at radius 3 is 2.36 bits per heavy atom. The number of halogens is 2. The van der Waals surface area contributed by atoms with Crippen molar-refractivity contribution in [3.05, 3.63) is 70.7 Å². The van der Waals surface area contributed by atoms with E-state index in [1.807, 2.05) is 30.5 Å². The summed E-state index contributed by atoms with van der Waals surface area (Å²) < 4.78 is 5.84. The highest BCUT2D eigenvalue weighted by molar-refractivity contribution is 6.42. The highest BCUT2D eigenvalue weighted by Crippen LogP contribution is 2.30. The van der Waals surface area contributed by atoms with Crippen molar-refractivity contribution in [2.45, 2.75) is 26.4 Å². The molecule has 0 aliphatic rings. The Hall–Kier alpha value is -2.17. The van der Waals surface area contributed by atoms with Gasteiger partial charge < -0.3 is 14.6 Å². The average Bonchev–Trinajstić information content (AvgIpc) is 3.10. The van der Waals surface area contributed by atoms with E-state index in [0.29, 0.717) is 21.8 Å². The fourth-order valence-electron chi connectivity index (χ4n) is 2.51. The summed E-state index contributed by atoms with van der Waals surface area (Å²) in [7, 11) is 0. The third-order valence-corrected chi connectivity index (χ3v) is 4.55. The molecule has 1 N–H and O–H groups in total. The van der Waals surface area contributed by atoms with Crippen LogP contribution in [0.3, 0.4) is 0 Å². The molecule has 6 heteroatoms. The maximum Gasteiger partial charge on any atom is 0.129 e. The van der Waals surface area contributed by atoms with E-state index in [1.54, 1.807) is 24.5 Å². The number of ether oxygens (including phenoxy) is 1. The van der Waals surface area contributed by atoms with Crippen molar-refractivity contribution < 1.29 is 4.74 Å². The van der Waals surface area contributed by atoms with Crippen LogP contribution in [-0.2, 0) is 6.54 Å². The first-order chi connectivity index (χ1) is 12.0. The number of hydrogen-bond donors (Lipinski definition) is 1. The Bertz CT molecular complexity index is 817. The Kier molecular flexibility index (Phi) is 5.51. The molecule has 4 nitrogen and oxygen atoms in total. The number of H-pyrrole nitrogens is 1. The third-order valence-electron chi connectivity index (χ3n) is 3.81. The zero-order valence-corrected chi connectivity index (χ0v) is 15.6. The Labute approximate surface area is 157 Å². The van der Waals surface area contributed by atoms with Crippen molar-refractivity contribution in [3.63, 3.8) is 0 Å². The summed E-state index contributed by atoms with van der Waals surface area (Å²) in [5.74, 6) is 1.40. The van der Waals surface area contributed by atoms with E-state index in [9.17, 15) is 0 Å². The lowest BCUT2D eigenvalue weighted by Crippen LogP contribution is -2.30. The van der Waals surface area contributed by atoms with Gasteiger partial charge in [0.05, 0.1) is 28.6 Å². The van der Waals surface area contributed by atoms with E-state index >= 15 is 0 Å². The smallest absolute Gasteiger partial charge is 0.129 e. The second-order valence-corrected chi connectivity index (χ2v) is 6.78. The van der Waals surface area contributed by atoms with Crippen LogP contribution in [0.15, 0.2) is 55.0 Å². The normalized spacial score (nSPS) is 10.9. The van der Waals surface area contributed by atoms with Crippen LogP contribution in [0, 0.1) is 0 Å². The number of nitrogens with one attached hydrogen (secondary N) is 1. The molecule has 0 bridgehead atoms. The Morgan fingerprint density at radius 1 is 1.04 bits per heavy atom. The first-order valence-electron chi connectivity index (χ1n) is 8.00. The summed E-state index contributed by atoms with van der Waals surface area (Å²) >= 11 is 11.9. The molecule has 0 atom stereocenters. The molecule has 0 radical (unpaired) electrons. The summed E-state index contributed by atoms with van der Waals surface area (Å²) in [6, 6.07) is 13.5. The van der Waals surface area contributed by atoms with E-state index in [1.165, 1.54) is 0 Å².